The van der Waals surface area contributed by atoms with Crippen molar-refractivity contribution in [2.45, 2.75) is 38.1 Å². The molecule has 0 radical (unpaired) electrons. The molecule has 104 valence electrons. The Labute approximate surface area is 118 Å². The van der Waals surface area contributed by atoms with Gasteiger partial charge in [-0.15, -0.1) is 0 Å². The maximum absolute atomic E-state index is 12.1. The van der Waals surface area contributed by atoms with E-state index in [1.54, 1.807) is 0 Å². The van der Waals surface area contributed by atoms with Crippen LogP contribution in [0.3, 0.4) is 0 Å². The molecule has 1 unspecified atom stereocenters. The predicted molar refractivity (Wildman–Crippen MR) is 77.1 cm³/mol. The van der Waals surface area contributed by atoms with Crippen LogP contribution in [0.4, 0.5) is 5.69 Å². The lowest BCUT2D eigenvalue weighted by molar-refractivity contribution is -0.120. The molecule has 1 saturated carbocycles. The van der Waals surface area contributed by atoms with Gasteiger partial charge in [-0.2, -0.15) is 0 Å². The van der Waals surface area contributed by atoms with E-state index < -0.39 is 0 Å². The van der Waals surface area contributed by atoms with Crippen molar-refractivity contribution in [2.75, 3.05) is 5.32 Å². The Morgan fingerprint density at radius 2 is 2.05 bits per heavy atom. The lowest BCUT2D eigenvalue weighted by Gasteiger charge is -2.20. The van der Waals surface area contributed by atoms with E-state index in [0.29, 0.717) is 5.57 Å². The Bertz CT molecular complexity index is 563. The number of carbonyl (C=O) groups excluding carboxylic acids is 2. The number of para-hydroxylation sites is 1. The highest BCUT2D eigenvalue weighted by molar-refractivity contribution is 6.04. The Morgan fingerprint density at radius 1 is 1.25 bits per heavy atom. The number of nitrogens with one attached hydrogen (secondary N) is 2. The Morgan fingerprint density at radius 3 is 2.85 bits per heavy atom. The second-order valence-corrected chi connectivity index (χ2v) is 5.37. The summed E-state index contributed by atoms with van der Waals surface area (Å²) in [7, 11) is 0. The largest absolute Gasteiger partial charge is 0.346 e. The number of fused-ring (bicyclic) bond motifs is 1. The molecule has 1 aliphatic carbocycles. The van der Waals surface area contributed by atoms with Crippen molar-refractivity contribution < 1.29 is 9.59 Å². The number of rotatable bonds is 3. The van der Waals surface area contributed by atoms with Gasteiger partial charge in [-0.3, -0.25) is 9.59 Å². The van der Waals surface area contributed by atoms with E-state index >= 15 is 0 Å². The van der Waals surface area contributed by atoms with Crippen LogP contribution in [0.5, 0.6) is 0 Å². The normalized spacial score (nSPS) is 21.4. The first-order valence-electron chi connectivity index (χ1n) is 7.12. The molecule has 0 bridgehead atoms. The third-order valence-electron chi connectivity index (χ3n) is 3.97. The molecule has 1 aliphatic heterocycles. The van der Waals surface area contributed by atoms with Crippen LogP contribution in [-0.2, 0) is 9.59 Å². The lowest BCUT2D eigenvalue weighted by Crippen LogP contribution is -2.30. The van der Waals surface area contributed by atoms with Crippen molar-refractivity contribution in [3.05, 3.63) is 41.5 Å². The van der Waals surface area contributed by atoms with Crippen LogP contribution >= 0.6 is 0 Å². The van der Waals surface area contributed by atoms with E-state index in [4.69, 9.17) is 0 Å². The van der Waals surface area contributed by atoms with Gasteiger partial charge in [-0.25, -0.2) is 0 Å². The van der Waals surface area contributed by atoms with Crippen molar-refractivity contribution in [1.82, 2.24) is 5.32 Å². The molecule has 1 aromatic carbocycles. The van der Waals surface area contributed by atoms with Gasteiger partial charge in [0.05, 0.1) is 12.5 Å². The van der Waals surface area contributed by atoms with Gasteiger partial charge in [0.15, 0.2) is 0 Å². The molecule has 2 amide bonds. The SMILES string of the molecule is O=C(CC1=C2CCCCC2NC1=O)Nc1ccccc1. The average Bonchev–Trinajstić information content (AvgIpc) is 2.76. The highest BCUT2D eigenvalue weighted by Crippen LogP contribution is 2.32. The molecule has 20 heavy (non-hydrogen) atoms. The minimum Gasteiger partial charge on any atom is -0.346 e. The smallest absolute Gasteiger partial charge is 0.248 e. The van der Waals surface area contributed by atoms with Gasteiger partial charge in [0, 0.05) is 11.3 Å². The fourth-order valence-electron chi connectivity index (χ4n) is 3.01. The molecular weight excluding hydrogens is 252 g/mol. The zero-order valence-corrected chi connectivity index (χ0v) is 11.3. The van der Waals surface area contributed by atoms with Crippen LogP contribution in [-0.4, -0.2) is 17.9 Å². The lowest BCUT2D eigenvalue weighted by atomic mass is 9.88. The summed E-state index contributed by atoms with van der Waals surface area (Å²) in [4.78, 5) is 24.0. The van der Waals surface area contributed by atoms with Gasteiger partial charge in [-0.1, -0.05) is 24.6 Å². The third kappa shape index (κ3) is 2.59. The van der Waals surface area contributed by atoms with Crippen LogP contribution in [0.25, 0.3) is 0 Å². The molecule has 1 aromatic rings. The van der Waals surface area contributed by atoms with Crippen molar-refractivity contribution in [2.24, 2.45) is 0 Å². The van der Waals surface area contributed by atoms with E-state index in [1.807, 2.05) is 30.3 Å². The zero-order valence-electron chi connectivity index (χ0n) is 11.3. The monoisotopic (exact) mass is 270 g/mol. The minimum atomic E-state index is -0.125. The first-order chi connectivity index (χ1) is 9.74. The first-order valence-corrected chi connectivity index (χ1v) is 7.12. The second kappa shape index (κ2) is 5.49. The Kier molecular flexibility index (Phi) is 3.54. The second-order valence-electron chi connectivity index (χ2n) is 5.37. The fourth-order valence-corrected chi connectivity index (χ4v) is 3.01. The van der Waals surface area contributed by atoms with Crippen molar-refractivity contribution in [3.8, 4) is 0 Å². The molecule has 3 rings (SSSR count). The molecule has 4 heteroatoms. The quantitative estimate of drug-likeness (QED) is 0.886. The molecule has 2 aliphatic rings. The van der Waals surface area contributed by atoms with Gasteiger partial charge in [0.25, 0.3) is 0 Å². The molecule has 1 fully saturated rings. The number of benzene rings is 1. The average molecular weight is 270 g/mol. The molecule has 0 saturated heterocycles. The number of amides is 2. The Hall–Kier alpha value is -2.10. The fraction of sp³-hybridized carbons (Fsp3) is 0.375. The summed E-state index contributed by atoms with van der Waals surface area (Å²) in [6.07, 6.45) is 4.39. The minimum absolute atomic E-state index is 0.0601. The molecule has 2 N–H and O–H groups in total. The molecule has 1 heterocycles. The topological polar surface area (TPSA) is 58.2 Å². The highest BCUT2D eigenvalue weighted by atomic mass is 16.2. The van der Waals surface area contributed by atoms with Crippen LogP contribution in [0.1, 0.15) is 32.1 Å². The van der Waals surface area contributed by atoms with Gasteiger partial charge in [-0.05, 0) is 37.0 Å². The number of carbonyl (C=O) groups is 2. The summed E-state index contributed by atoms with van der Waals surface area (Å²) in [5.74, 6) is -0.185. The summed E-state index contributed by atoms with van der Waals surface area (Å²) in [6, 6.07) is 9.50. The molecule has 4 nitrogen and oxygen atoms in total. The molecular formula is C16H18N2O2. The number of anilines is 1. The number of hydrogen-bond acceptors (Lipinski definition) is 2. The van der Waals surface area contributed by atoms with Gasteiger partial charge >= 0.3 is 0 Å². The van der Waals surface area contributed by atoms with E-state index in [-0.39, 0.29) is 24.3 Å². The van der Waals surface area contributed by atoms with Crippen LogP contribution in [0, 0.1) is 0 Å². The van der Waals surface area contributed by atoms with Crippen LogP contribution in [0.15, 0.2) is 41.5 Å². The summed E-state index contributed by atoms with van der Waals surface area (Å²) in [5, 5.41) is 5.81. The van der Waals surface area contributed by atoms with E-state index in [0.717, 1.165) is 36.9 Å². The molecule has 0 spiro atoms. The summed E-state index contributed by atoms with van der Waals surface area (Å²) in [6.45, 7) is 0. The summed E-state index contributed by atoms with van der Waals surface area (Å²) < 4.78 is 0. The van der Waals surface area contributed by atoms with Crippen molar-refractivity contribution in [1.29, 1.82) is 0 Å². The standard InChI is InChI=1S/C16H18N2O2/c19-15(17-11-6-2-1-3-7-11)10-13-12-8-4-5-9-14(12)18-16(13)20/h1-3,6-7,14H,4-5,8-10H2,(H,17,19)(H,18,20). The van der Waals surface area contributed by atoms with E-state index in [1.165, 1.54) is 0 Å². The third-order valence-corrected chi connectivity index (χ3v) is 3.97. The maximum atomic E-state index is 12.1. The predicted octanol–water partition coefficient (Wildman–Crippen LogP) is 2.38. The van der Waals surface area contributed by atoms with E-state index in [2.05, 4.69) is 10.6 Å². The molecule has 1 atom stereocenters. The van der Waals surface area contributed by atoms with Gasteiger partial charge in [0.1, 0.15) is 0 Å². The Balaban J connectivity index is 1.70. The highest BCUT2D eigenvalue weighted by Gasteiger charge is 2.33. The summed E-state index contributed by atoms with van der Waals surface area (Å²) in [5.41, 5.74) is 2.61. The summed E-state index contributed by atoms with van der Waals surface area (Å²) >= 11 is 0. The van der Waals surface area contributed by atoms with Crippen molar-refractivity contribution in [3.63, 3.8) is 0 Å². The number of hydrogen-bond donors (Lipinski definition) is 2. The molecule has 0 aromatic heterocycles. The van der Waals surface area contributed by atoms with Crippen LogP contribution < -0.4 is 10.6 Å². The van der Waals surface area contributed by atoms with Crippen LogP contribution in [0.2, 0.25) is 0 Å². The van der Waals surface area contributed by atoms with Gasteiger partial charge < -0.3 is 10.6 Å². The zero-order chi connectivity index (χ0) is 13.9. The maximum Gasteiger partial charge on any atom is 0.248 e. The first kappa shape index (κ1) is 12.9. The van der Waals surface area contributed by atoms with Crippen molar-refractivity contribution >= 4 is 17.5 Å². The van der Waals surface area contributed by atoms with Gasteiger partial charge in [0.2, 0.25) is 11.8 Å². The van der Waals surface area contributed by atoms with E-state index in [9.17, 15) is 9.59 Å².